The number of halogens is 1. The molecule has 2 aromatic rings. The van der Waals surface area contributed by atoms with E-state index >= 15 is 0 Å². The second-order valence-electron chi connectivity index (χ2n) is 4.74. The highest BCUT2D eigenvalue weighted by Crippen LogP contribution is 2.18. The molecular formula is C17H18ClNO3. The summed E-state index contributed by atoms with van der Waals surface area (Å²) < 4.78 is 10.7. The molecule has 2 rings (SSSR count). The van der Waals surface area contributed by atoms with E-state index in [4.69, 9.17) is 21.1 Å². The Labute approximate surface area is 135 Å². The lowest BCUT2D eigenvalue weighted by Gasteiger charge is -2.09. The van der Waals surface area contributed by atoms with Crippen LogP contribution in [0.15, 0.2) is 42.5 Å². The maximum Gasteiger partial charge on any atom is 0.251 e. The van der Waals surface area contributed by atoms with Crippen LogP contribution >= 0.6 is 11.6 Å². The summed E-state index contributed by atoms with van der Waals surface area (Å²) in [7, 11) is 1.61. The van der Waals surface area contributed by atoms with Crippen LogP contribution in [0.4, 0.5) is 0 Å². The summed E-state index contributed by atoms with van der Waals surface area (Å²) in [6.45, 7) is 2.72. The fourth-order valence-corrected chi connectivity index (χ4v) is 2.11. The molecule has 0 fully saturated rings. The summed E-state index contributed by atoms with van der Waals surface area (Å²) in [6.07, 6.45) is 0. The molecule has 0 heterocycles. The summed E-state index contributed by atoms with van der Waals surface area (Å²) in [5.41, 5.74) is 1.53. The zero-order valence-corrected chi connectivity index (χ0v) is 13.3. The van der Waals surface area contributed by atoms with Crippen LogP contribution in [0, 0.1) is 6.92 Å². The van der Waals surface area contributed by atoms with Crippen LogP contribution in [0.5, 0.6) is 11.5 Å². The molecule has 4 nitrogen and oxygen atoms in total. The number of carbonyl (C=O) groups is 1. The number of ether oxygens (including phenoxy) is 2. The van der Waals surface area contributed by atoms with E-state index in [-0.39, 0.29) is 5.91 Å². The number of hydrogen-bond acceptors (Lipinski definition) is 3. The second-order valence-corrected chi connectivity index (χ2v) is 5.18. The summed E-state index contributed by atoms with van der Waals surface area (Å²) in [5.74, 6) is 1.35. The van der Waals surface area contributed by atoms with Crippen molar-refractivity contribution in [2.45, 2.75) is 6.92 Å². The van der Waals surface area contributed by atoms with E-state index in [0.29, 0.717) is 23.7 Å². The lowest BCUT2D eigenvalue weighted by atomic mass is 10.1. The molecule has 0 unspecified atom stereocenters. The summed E-state index contributed by atoms with van der Waals surface area (Å²) in [5, 5.41) is 3.48. The van der Waals surface area contributed by atoms with E-state index in [1.165, 1.54) is 0 Å². The minimum absolute atomic E-state index is 0.134. The van der Waals surface area contributed by atoms with Gasteiger partial charge >= 0.3 is 0 Å². The van der Waals surface area contributed by atoms with E-state index in [1.807, 2.05) is 6.92 Å². The van der Waals surface area contributed by atoms with Crippen molar-refractivity contribution in [3.63, 3.8) is 0 Å². The van der Waals surface area contributed by atoms with Gasteiger partial charge in [0.2, 0.25) is 0 Å². The Morgan fingerprint density at radius 1 is 1.18 bits per heavy atom. The van der Waals surface area contributed by atoms with Gasteiger partial charge in [0, 0.05) is 10.6 Å². The Kier molecular flexibility index (Phi) is 5.67. The Balaban J connectivity index is 1.80. The molecule has 1 N–H and O–H groups in total. The Hall–Kier alpha value is -2.20. The van der Waals surface area contributed by atoms with Gasteiger partial charge in [-0.15, -0.1) is 0 Å². The van der Waals surface area contributed by atoms with E-state index in [9.17, 15) is 4.79 Å². The zero-order valence-electron chi connectivity index (χ0n) is 12.6. The van der Waals surface area contributed by atoms with E-state index in [2.05, 4.69) is 5.32 Å². The third-order valence-corrected chi connectivity index (χ3v) is 3.38. The fourth-order valence-electron chi connectivity index (χ4n) is 1.99. The van der Waals surface area contributed by atoms with E-state index in [1.54, 1.807) is 49.6 Å². The number of methoxy groups -OCH3 is 1. The van der Waals surface area contributed by atoms with Gasteiger partial charge in [-0.05, 0) is 55.0 Å². The molecule has 0 radical (unpaired) electrons. The average Bonchev–Trinajstić information content (AvgIpc) is 2.53. The average molecular weight is 320 g/mol. The predicted molar refractivity (Wildman–Crippen MR) is 87.0 cm³/mol. The number of rotatable bonds is 6. The highest BCUT2D eigenvalue weighted by atomic mass is 35.5. The van der Waals surface area contributed by atoms with Gasteiger partial charge in [-0.2, -0.15) is 0 Å². The normalized spacial score (nSPS) is 10.1. The molecule has 0 aliphatic heterocycles. The van der Waals surface area contributed by atoms with Gasteiger partial charge in [0.25, 0.3) is 5.91 Å². The summed E-state index contributed by atoms with van der Waals surface area (Å²) >= 11 is 5.80. The molecule has 2 aromatic carbocycles. The molecule has 5 heteroatoms. The number of nitrogens with one attached hydrogen (secondary N) is 1. The van der Waals surface area contributed by atoms with E-state index < -0.39 is 0 Å². The Morgan fingerprint density at radius 3 is 2.55 bits per heavy atom. The minimum Gasteiger partial charge on any atom is -0.496 e. The predicted octanol–water partition coefficient (Wildman–Crippen LogP) is 3.47. The monoisotopic (exact) mass is 319 g/mol. The summed E-state index contributed by atoms with van der Waals surface area (Å²) in [6, 6.07) is 12.4. The van der Waals surface area contributed by atoms with Crippen molar-refractivity contribution < 1.29 is 14.3 Å². The molecule has 1 amide bonds. The first-order valence-corrected chi connectivity index (χ1v) is 7.29. The number of aryl methyl sites for hydroxylation is 1. The van der Waals surface area contributed by atoms with Gasteiger partial charge in [0.15, 0.2) is 0 Å². The van der Waals surface area contributed by atoms with Crippen LogP contribution < -0.4 is 14.8 Å². The van der Waals surface area contributed by atoms with Crippen molar-refractivity contribution in [1.29, 1.82) is 0 Å². The highest BCUT2D eigenvalue weighted by Gasteiger charge is 2.07. The Morgan fingerprint density at radius 2 is 1.91 bits per heavy atom. The molecule has 0 saturated heterocycles. The molecule has 0 aliphatic carbocycles. The fraction of sp³-hybridized carbons (Fsp3) is 0.235. The topological polar surface area (TPSA) is 47.6 Å². The minimum atomic E-state index is -0.134. The van der Waals surface area contributed by atoms with Gasteiger partial charge in [-0.3, -0.25) is 4.79 Å². The molecule has 0 atom stereocenters. The maximum atomic E-state index is 12.0. The zero-order chi connectivity index (χ0) is 15.9. The lowest BCUT2D eigenvalue weighted by Crippen LogP contribution is -2.28. The first kappa shape index (κ1) is 16.2. The number of carbonyl (C=O) groups excluding carboxylic acids is 1. The largest absolute Gasteiger partial charge is 0.496 e. The van der Waals surface area contributed by atoms with Crippen LogP contribution in [-0.4, -0.2) is 26.2 Å². The van der Waals surface area contributed by atoms with Gasteiger partial charge in [0.05, 0.1) is 13.7 Å². The number of benzene rings is 2. The molecule has 0 spiro atoms. The van der Waals surface area contributed by atoms with Crippen molar-refractivity contribution in [2.75, 3.05) is 20.3 Å². The second kappa shape index (κ2) is 7.71. The first-order chi connectivity index (χ1) is 10.6. The van der Waals surface area contributed by atoms with Crippen molar-refractivity contribution in [2.24, 2.45) is 0 Å². The Bertz CT molecular complexity index is 641. The molecule has 0 saturated carbocycles. The van der Waals surface area contributed by atoms with Gasteiger partial charge < -0.3 is 14.8 Å². The molecular weight excluding hydrogens is 302 g/mol. The van der Waals surface area contributed by atoms with Gasteiger partial charge in [0.1, 0.15) is 18.1 Å². The van der Waals surface area contributed by atoms with Crippen molar-refractivity contribution in [3.05, 3.63) is 58.6 Å². The smallest absolute Gasteiger partial charge is 0.251 e. The van der Waals surface area contributed by atoms with Crippen molar-refractivity contribution in [3.8, 4) is 11.5 Å². The molecule has 0 bridgehead atoms. The lowest BCUT2D eigenvalue weighted by molar-refractivity contribution is 0.0947. The SMILES string of the molecule is COc1ccc(C(=O)NCCOc2ccc(Cl)cc2)cc1C. The van der Waals surface area contributed by atoms with Crippen LogP contribution in [0.25, 0.3) is 0 Å². The van der Waals surface area contributed by atoms with Crippen LogP contribution in [0.3, 0.4) is 0 Å². The van der Waals surface area contributed by atoms with Crippen LogP contribution in [-0.2, 0) is 0 Å². The third kappa shape index (κ3) is 4.40. The summed E-state index contributed by atoms with van der Waals surface area (Å²) in [4.78, 5) is 12.0. The first-order valence-electron chi connectivity index (χ1n) is 6.91. The third-order valence-electron chi connectivity index (χ3n) is 3.13. The quantitative estimate of drug-likeness (QED) is 0.829. The van der Waals surface area contributed by atoms with Crippen molar-refractivity contribution in [1.82, 2.24) is 5.32 Å². The van der Waals surface area contributed by atoms with Gasteiger partial charge in [-0.1, -0.05) is 11.6 Å². The standard InChI is InChI=1S/C17H18ClNO3/c1-12-11-13(3-8-16(12)21-2)17(20)19-9-10-22-15-6-4-14(18)5-7-15/h3-8,11H,9-10H2,1-2H3,(H,19,20). The highest BCUT2D eigenvalue weighted by molar-refractivity contribution is 6.30. The number of hydrogen-bond donors (Lipinski definition) is 1. The van der Waals surface area contributed by atoms with Crippen molar-refractivity contribution >= 4 is 17.5 Å². The molecule has 0 aliphatic rings. The molecule has 0 aromatic heterocycles. The molecule has 116 valence electrons. The van der Waals surface area contributed by atoms with E-state index in [0.717, 1.165) is 17.1 Å². The van der Waals surface area contributed by atoms with Gasteiger partial charge in [-0.25, -0.2) is 0 Å². The molecule has 22 heavy (non-hydrogen) atoms. The van der Waals surface area contributed by atoms with Crippen LogP contribution in [0.2, 0.25) is 5.02 Å². The maximum absolute atomic E-state index is 12.0. The number of amides is 1. The van der Waals surface area contributed by atoms with Crippen LogP contribution in [0.1, 0.15) is 15.9 Å².